The van der Waals surface area contributed by atoms with Crippen LogP contribution in [-0.2, 0) is 12.8 Å². The zero-order chi connectivity index (χ0) is 13.4. The maximum absolute atomic E-state index is 12.5. The average molecular weight is 256 g/mol. The number of benzene rings is 1. The Bertz CT molecular complexity index is 604. The van der Waals surface area contributed by atoms with Crippen molar-refractivity contribution in [2.75, 3.05) is 7.05 Å². The lowest BCUT2D eigenvalue weighted by Crippen LogP contribution is -2.37. The Morgan fingerprint density at radius 3 is 2.79 bits per heavy atom. The van der Waals surface area contributed by atoms with E-state index in [9.17, 15) is 4.79 Å². The number of rotatable bonds is 2. The molecule has 1 unspecified atom stereocenters. The molecular weight excluding hydrogens is 240 g/mol. The van der Waals surface area contributed by atoms with Crippen LogP contribution in [0.15, 0.2) is 34.9 Å². The van der Waals surface area contributed by atoms with Crippen molar-refractivity contribution in [2.45, 2.75) is 25.8 Å². The van der Waals surface area contributed by atoms with Crippen molar-refractivity contribution in [1.82, 2.24) is 10.1 Å². The van der Waals surface area contributed by atoms with Crippen molar-refractivity contribution in [3.8, 4) is 0 Å². The molecule has 1 amide bonds. The lowest BCUT2D eigenvalue weighted by molar-refractivity contribution is 0.0692. The van der Waals surface area contributed by atoms with Gasteiger partial charge in [0.1, 0.15) is 5.56 Å². The van der Waals surface area contributed by atoms with Crippen LogP contribution in [0.2, 0.25) is 0 Å². The number of hydrogen-bond acceptors (Lipinski definition) is 3. The molecule has 0 saturated heterocycles. The minimum atomic E-state index is 0.00760. The number of nitrogens with zero attached hydrogens (tertiary/aromatic N) is 2. The predicted octanol–water partition coefficient (Wildman–Crippen LogP) is 2.61. The summed E-state index contributed by atoms with van der Waals surface area (Å²) in [5, 5.41) is 4.01. The summed E-state index contributed by atoms with van der Waals surface area (Å²) >= 11 is 0. The van der Waals surface area contributed by atoms with Crippen molar-refractivity contribution in [3.05, 3.63) is 52.9 Å². The Labute approximate surface area is 112 Å². The van der Waals surface area contributed by atoms with E-state index in [1.165, 1.54) is 0 Å². The van der Waals surface area contributed by atoms with Gasteiger partial charge in [0.15, 0.2) is 5.76 Å². The van der Waals surface area contributed by atoms with Crippen molar-refractivity contribution in [1.29, 1.82) is 0 Å². The summed E-state index contributed by atoms with van der Waals surface area (Å²) in [7, 11) is 1.84. The fourth-order valence-electron chi connectivity index (χ4n) is 2.63. The fraction of sp³-hybridized carbons (Fsp3) is 0.333. The number of amides is 1. The zero-order valence-corrected chi connectivity index (χ0v) is 11.1. The first-order valence-electron chi connectivity index (χ1n) is 6.52. The molecule has 4 nitrogen and oxygen atoms in total. The summed E-state index contributed by atoms with van der Waals surface area (Å²) in [5.74, 6) is 0.724. The first-order valence-corrected chi connectivity index (χ1v) is 6.52. The lowest BCUT2D eigenvalue weighted by atomic mass is 9.93. The number of carbonyl (C=O) groups is 1. The van der Waals surface area contributed by atoms with Crippen LogP contribution in [-0.4, -0.2) is 23.0 Å². The second-order valence-electron chi connectivity index (χ2n) is 4.83. The summed E-state index contributed by atoms with van der Waals surface area (Å²) in [6.45, 7) is 1.98. The Morgan fingerprint density at radius 1 is 1.37 bits per heavy atom. The maximum Gasteiger partial charge on any atom is 0.259 e. The Kier molecular flexibility index (Phi) is 2.85. The molecule has 0 bridgehead atoms. The monoisotopic (exact) mass is 256 g/mol. The summed E-state index contributed by atoms with van der Waals surface area (Å²) < 4.78 is 5.35. The van der Waals surface area contributed by atoms with Gasteiger partial charge in [-0.15, -0.1) is 0 Å². The Morgan fingerprint density at radius 2 is 2.11 bits per heavy atom. The van der Waals surface area contributed by atoms with Crippen molar-refractivity contribution < 1.29 is 9.32 Å². The summed E-state index contributed by atoms with van der Waals surface area (Å²) in [6, 6.07) is 10.1. The highest BCUT2D eigenvalue weighted by Gasteiger charge is 2.35. The molecule has 2 heterocycles. The standard InChI is InChI=1S/C15H16N2O2/c1-3-11-14-13(19-16-11)9-12(17(2)15(14)18)10-7-5-4-6-8-10/h4-8,12H,3,9H2,1-2H3. The van der Waals surface area contributed by atoms with Crippen LogP contribution in [0.25, 0.3) is 0 Å². The van der Waals surface area contributed by atoms with Gasteiger partial charge in [-0.1, -0.05) is 42.4 Å². The summed E-state index contributed by atoms with van der Waals surface area (Å²) in [5.41, 5.74) is 2.55. The Hall–Kier alpha value is -2.10. The van der Waals surface area contributed by atoms with Crippen LogP contribution in [0.3, 0.4) is 0 Å². The van der Waals surface area contributed by atoms with E-state index in [1.54, 1.807) is 4.90 Å². The highest BCUT2D eigenvalue weighted by atomic mass is 16.5. The van der Waals surface area contributed by atoms with Gasteiger partial charge in [-0.25, -0.2) is 0 Å². The Balaban J connectivity index is 2.02. The van der Waals surface area contributed by atoms with Gasteiger partial charge >= 0.3 is 0 Å². The predicted molar refractivity (Wildman–Crippen MR) is 70.9 cm³/mol. The highest BCUT2D eigenvalue weighted by molar-refractivity contribution is 5.97. The van der Waals surface area contributed by atoms with Crippen LogP contribution in [0, 0.1) is 0 Å². The van der Waals surface area contributed by atoms with Crippen LogP contribution < -0.4 is 0 Å². The molecule has 0 N–H and O–H groups in total. The van der Waals surface area contributed by atoms with Gasteiger partial charge in [0.05, 0.1) is 11.7 Å². The maximum atomic E-state index is 12.5. The van der Waals surface area contributed by atoms with Crippen LogP contribution in [0.1, 0.15) is 40.3 Å². The van der Waals surface area contributed by atoms with Crippen molar-refractivity contribution in [3.63, 3.8) is 0 Å². The van der Waals surface area contributed by atoms with Gasteiger partial charge in [0.25, 0.3) is 5.91 Å². The SMILES string of the molecule is CCc1noc2c1C(=O)N(C)C(c1ccccc1)C2. The number of aromatic nitrogens is 1. The first kappa shape index (κ1) is 12.0. The van der Waals surface area contributed by atoms with Gasteiger partial charge in [-0.2, -0.15) is 0 Å². The molecule has 98 valence electrons. The van der Waals surface area contributed by atoms with Crippen molar-refractivity contribution in [2.24, 2.45) is 0 Å². The molecule has 4 heteroatoms. The van der Waals surface area contributed by atoms with Crippen LogP contribution in [0.4, 0.5) is 0 Å². The molecule has 1 aliphatic rings. The quantitative estimate of drug-likeness (QED) is 0.829. The molecule has 0 spiro atoms. The largest absolute Gasteiger partial charge is 0.360 e. The molecule has 1 aromatic heterocycles. The third-order valence-corrected chi connectivity index (χ3v) is 3.73. The average Bonchev–Trinajstić information content (AvgIpc) is 2.87. The highest BCUT2D eigenvalue weighted by Crippen LogP contribution is 2.33. The third-order valence-electron chi connectivity index (χ3n) is 3.73. The topological polar surface area (TPSA) is 46.3 Å². The van der Waals surface area contributed by atoms with Gasteiger partial charge in [0.2, 0.25) is 0 Å². The normalized spacial score (nSPS) is 18.5. The second-order valence-corrected chi connectivity index (χ2v) is 4.83. The third kappa shape index (κ3) is 1.84. The second kappa shape index (κ2) is 4.53. The van der Waals surface area contributed by atoms with Crippen molar-refractivity contribution >= 4 is 5.91 Å². The van der Waals surface area contributed by atoms with E-state index < -0.39 is 0 Å². The van der Waals surface area contributed by atoms with E-state index in [0.717, 1.165) is 11.3 Å². The molecule has 19 heavy (non-hydrogen) atoms. The molecular formula is C15H16N2O2. The van der Waals surface area contributed by atoms with E-state index in [-0.39, 0.29) is 11.9 Å². The minimum Gasteiger partial charge on any atom is -0.360 e. The number of aryl methyl sites for hydroxylation is 1. The van der Waals surface area contributed by atoms with Gasteiger partial charge in [-0.3, -0.25) is 4.79 Å². The number of fused-ring (bicyclic) bond motifs is 1. The van der Waals surface area contributed by atoms with E-state index in [0.29, 0.717) is 24.2 Å². The van der Waals surface area contributed by atoms with Crippen LogP contribution >= 0.6 is 0 Å². The fourth-order valence-corrected chi connectivity index (χ4v) is 2.63. The van der Waals surface area contributed by atoms with E-state index in [1.807, 2.05) is 44.3 Å². The van der Waals surface area contributed by atoms with Crippen LogP contribution in [0.5, 0.6) is 0 Å². The lowest BCUT2D eigenvalue weighted by Gasteiger charge is -2.31. The molecule has 0 aliphatic carbocycles. The molecule has 1 aromatic carbocycles. The van der Waals surface area contributed by atoms with E-state index in [4.69, 9.17) is 4.52 Å². The number of carbonyl (C=O) groups excluding carboxylic acids is 1. The van der Waals surface area contributed by atoms with E-state index >= 15 is 0 Å². The molecule has 0 saturated carbocycles. The molecule has 0 radical (unpaired) electrons. The summed E-state index contributed by atoms with van der Waals surface area (Å²) in [6.07, 6.45) is 1.41. The smallest absolute Gasteiger partial charge is 0.259 e. The minimum absolute atomic E-state index is 0.00760. The van der Waals surface area contributed by atoms with Gasteiger partial charge < -0.3 is 9.42 Å². The van der Waals surface area contributed by atoms with E-state index in [2.05, 4.69) is 5.16 Å². The first-order chi connectivity index (χ1) is 9.22. The summed E-state index contributed by atoms with van der Waals surface area (Å²) in [4.78, 5) is 14.3. The zero-order valence-electron chi connectivity index (χ0n) is 11.1. The van der Waals surface area contributed by atoms with Gasteiger partial charge in [-0.05, 0) is 12.0 Å². The molecule has 1 aliphatic heterocycles. The molecule has 3 rings (SSSR count). The van der Waals surface area contributed by atoms with Gasteiger partial charge in [0, 0.05) is 13.5 Å². The molecule has 1 atom stereocenters. The molecule has 0 fully saturated rings. The number of likely N-dealkylation sites (N-methyl/N-ethyl adjacent to an activating group) is 1. The molecule has 2 aromatic rings. The number of hydrogen-bond donors (Lipinski definition) is 0.